The second-order valence-electron chi connectivity index (χ2n) is 23.8. The fourth-order valence-electron chi connectivity index (χ4n) is 9.88. The average Bonchev–Trinajstić information content (AvgIpc) is 1.62. The van der Waals surface area contributed by atoms with Crippen molar-refractivity contribution in [2.24, 2.45) is 0 Å². The molecule has 0 unspecified atom stereocenters. The van der Waals surface area contributed by atoms with E-state index in [1.807, 2.05) is 13.0 Å². The van der Waals surface area contributed by atoms with Crippen LogP contribution in [0.5, 0.6) is 34.5 Å². The van der Waals surface area contributed by atoms with Crippen LogP contribution in [0, 0.1) is 13.5 Å². The molecule has 6 aromatic rings. The third-order valence-electron chi connectivity index (χ3n) is 15.3. The summed E-state index contributed by atoms with van der Waals surface area (Å²) in [5.41, 5.74) is 5.39. The summed E-state index contributed by atoms with van der Waals surface area (Å²) >= 11 is 4.24. The maximum atomic E-state index is 12.1. The van der Waals surface area contributed by atoms with E-state index < -0.39 is 124 Å². The van der Waals surface area contributed by atoms with Gasteiger partial charge in [-0.25, -0.2) is 4.85 Å². The number of hydrogen-bond acceptors (Lipinski definition) is 30. The minimum absolute atomic E-state index is 0.0113. The maximum absolute atomic E-state index is 12.1. The highest BCUT2D eigenvalue weighted by Crippen LogP contribution is 2.40. The van der Waals surface area contributed by atoms with Gasteiger partial charge in [0.15, 0.2) is 17.2 Å². The van der Waals surface area contributed by atoms with Crippen LogP contribution in [-0.2, 0) is 57.5 Å². The number of aliphatic carboxylic acids is 5. The molecule has 10 N–H and O–H groups in total. The summed E-state index contributed by atoms with van der Waals surface area (Å²) in [6, 6.07) is 34.1. The summed E-state index contributed by atoms with van der Waals surface area (Å²) < 4.78 is 15.6. The predicted molar refractivity (Wildman–Crippen MR) is 439 cm³/mol. The van der Waals surface area contributed by atoms with E-state index in [1.54, 1.807) is 110 Å². The number of carboxylic acid groups (broad SMARTS) is 5. The number of hydrogen-bond donors (Lipinski definition) is 10. The van der Waals surface area contributed by atoms with Crippen molar-refractivity contribution in [2.45, 2.75) is 13.8 Å². The number of carboxylic acids is 5. The van der Waals surface area contributed by atoms with Gasteiger partial charge in [0.1, 0.15) is 55.7 Å². The number of ether oxygens (including phenoxy) is 3. The van der Waals surface area contributed by atoms with Crippen LogP contribution < -0.4 is 24.8 Å². The predicted octanol–water partition coefficient (Wildman–Crippen LogP) is 11.0. The Morgan fingerprint density at radius 3 is 1.17 bits per heavy atom. The molecule has 620 valence electrons. The Balaban J connectivity index is 0.000000199. The molecule has 6 aromatic carbocycles. The molecular weight excluding hydrogens is 1690 g/mol. The molecule has 43 heteroatoms. The monoisotopic (exact) mass is 1750 g/mol. The first-order valence-corrected chi connectivity index (χ1v) is 38.3. The second-order valence-corrected chi connectivity index (χ2v) is 29.8. The third kappa shape index (κ3) is 26.2. The Kier molecular flexibility index (Phi) is 33.4. The van der Waals surface area contributed by atoms with Gasteiger partial charge in [-0.2, -0.15) is 0 Å². The van der Waals surface area contributed by atoms with Gasteiger partial charge in [-0.15, -0.1) is 0 Å². The Morgan fingerprint density at radius 1 is 0.417 bits per heavy atom. The first-order chi connectivity index (χ1) is 56.8. The fraction of sp³-hybridized carbons (Fsp3) is 0.130. The van der Waals surface area contributed by atoms with Crippen LogP contribution in [0.3, 0.4) is 0 Å². The zero-order chi connectivity index (χ0) is 88.5. The SMILES string of the molecule is CC(=O)Nc1ccc(/C=C2\SC(=O)N(CC(=O)O)C2=O)cc1.COc1cc(/C=C2\SC(=O)N(CC(=O)O)C2=O)ccc1C.COc1cccc(/C=C2\SC(=O)N(CC(=O)O)C2=O)c1OC.O=C(O)CN1C(=O)S/C(=C\c2ccc(O)cc2O)C1=O.O=C1NC(=O)/C(=C/c2ccccc2O)S1.[C-]#[N+]c1ccc(/C=C2\SC(=O)N(CC(=O)O)C2=O)cc1. The van der Waals surface area contributed by atoms with Gasteiger partial charge in [0.05, 0.1) is 57.3 Å². The molecule has 0 atom stereocenters. The number of carbonyl (C=O) groups is 18. The van der Waals surface area contributed by atoms with Crippen molar-refractivity contribution in [3.05, 3.63) is 207 Å². The van der Waals surface area contributed by atoms with Gasteiger partial charge in [0, 0.05) is 35.4 Å². The van der Waals surface area contributed by atoms with Gasteiger partial charge in [-0.05, 0) is 179 Å². The molecule has 0 aromatic heterocycles. The van der Waals surface area contributed by atoms with Crippen molar-refractivity contribution in [1.29, 1.82) is 0 Å². The lowest BCUT2D eigenvalue weighted by atomic mass is 10.1. The lowest BCUT2D eigenvalue weighted by molar-refractivity contribution is -0.140. The molecule has 0 bridgehead atoms. The Labute approximate surface area is 702 Å². The van der Waals surface area contributed by atoms with Crippen LogP contribution in [0.25, 0.3) is 41.3 Å². The van der Waals surface area contributed by atoms with Gasteiger partial charge in [0.25, 0.3) is 66.9 Å². The molecule has 120 heavy (non-hydrogen) atoms. The standard InChI is InChI=1S/C14H12N2O5S.C14H13NO6S.C14H13NO5S.C13H8N2O4S.C12H9NO6S.C10H7NO3S/c1-8(17)15-10-4-2-9(3-5-10)6-11-13(20)16(7-12(18)19)14(21)22-11;1-20-9-5-3-4-8(12(9)21-2)6-10-13(18)15(7-11(16)17)14(19)22-10;1-8-3-4-9(5-10(8)20-2)6-11-13(18)15(7-12(16)17)14(19)21-11;1-14-9-4-2-8(3-5-9)6-10-12(18)15(7-11(16)17)13(19)20-10;14-7-2-1-6(8(15)4-7)3-9-11(18)13(5-10(16)17)12(19)20-9;12-7-4-2-1-3-6(7)5-8-9(13)11-10(14)15-8/h2-6H,7H2,1H3,(H,15,17)(H,18,19);3-6H,7H2,1-2H3,(H,16,17);3-6H,7H2,1-2H3,(H,16,17);2-6H,7H2,(H,16,17);1-4,14-15H,5H2,(H,16,17);1-5,12H,(H,11,13,14)/b11-6-;10-6-;11-6-;10-6-;9-3-;8-5-. The number of amides is 13. The smallest absolute Gasteiger partial charge is 0.323 e. The number of nitrogens with zero attached hydrogens (tertiary/aromatic N) is 6. The normalized spacial score (nSPS) is 16.8. The number of imide groups is 6. The van der Waals surface area contributed by atoms with Crippen LogP contribution in [0.1, 0.15) is 45.9 Å². The van der Waals surface area contributed by atoms with E-state index in [-0.39, 0.29) is 58.5 Å². The van der Waals surface area contributed by atoms with Crippen molar-refractivity contribution in [3.8, 4) is 34.5 Å². The maximum Gasteiger partial charge on any atom is 0.323 e. The Bertz CT molecular complexity index is 5480. The number of phenolic OH excluding ortho intramolecular Hbond substituents is 3. The summed E-state index contributed by atoms with van der Waals surface area (Å²) in [5, 5.41) is 72.9. The number of rotatable bonds is 20. The number of methoxy groups -OCH3 is 3. The van der Waals surface area contributed by atoms with Crippen molar-refractivity contribution in [2.75, 3.05) is 59.4 Å². The number of para-hydroxylation sites is 2. The number of benzene rings is 6. The minimum Gasteiger partial charge on any atom is -0.508 e. The van der Waals surface area contributed by atoms with Crippen molar-refractivity contribution >= 4 is 221 Å². The van der Waals surface area contributed by atoms with Gasteiger partial charge in [-0.3, -0.25) is 116 Å². The van der Waals surface area contributed by atoms with Gasteiger partial charge in [-0.1, -0.05) is 78.9 Å². The molecule has 6 heterocycles. The van der Waals surface area contributed by atoms with Gasteiger partial charge >= 0.3 is 29.8 Å². The van der Waals surface area contributed by atoms with E-state index in [0.717, 1.165) is 35.2 Å². The van der Waals surface area contributed by atoms with E-state index in [2.05, 4.69) is 15.5 Å². The summed E-state index contributed by atoms with van der Waals surface area (Å²) in [7, 11) is 4.50. The second kappa shape index (κ2) is 43.1. The van der Waals surface area contributed by atoms with E-state index in [0.29, 0.717) is 133 Å². The number of anilines is 1. The average molecular weight is 1760 g/mol. The Morgan fingerprint density at radius 2 is 0.792 bits per heavy atom. The molecule has 12 rings (SSSR count). The van der Waals surface area contributed by atoms with Crippen molar-refractivity contribution < 1.29 is 141 Å². The van der Waals surface area contributed by atoms with Gasteiger partial charge in [0.2, 0.25) is 5.91 Å². The molecule has 6 aliphatic heterocycles. The van der Waals surface area contributed by atoms with E-state index >= 15 is 0 Å². The first kappa shape index (κ1) is 93.0. The minimum atomic E-state index is -1.29. The molecular formula is C77H62N8O29S6. The number of nitrogens with one attached hydrogen (secondary N) is 2. The summed E-state index contributed by atoms with van der Waals surface area (Å²) in [6.07, 6.45) is 8.79. The highest BCUT2D eigenvalue weighted by atomic mass is 32.2. The zero-order valence-corrected chi connectivity index (χ0v) is 67.3. The van der Waals surface area contributed by atoms with Crippen LogP contribution in [0.15, 0.2) is 157 Å². The Hall–Kier alpha value is -14.2. The number of thioether (sulfide) groups is 6. The summed E-state index contributed by atoms with van der Waals surface area (Å²) in [4.78, 5) is 211. The zero-order valence-electron chi connectivity index (χ0n) is 62.4. The van der Waals surface area contributed by atoms with E-state index in [4.69, 9.17) is 51.4 Å². The molecule has 0 saturated carbocycles. The number of phenols is 3. The highest BCUT2D eigenvalue weighted by Gasteiger charge is 2.41. The molecule has 0 radical (unpaired) electrons. The molecule has 0 aliphatic carbocycles. The van der Waals surface area contributed by atoms with E-state index in [1.165, 1.54) is 69.7 Å². The number of aryl methyl sites for hydroxylation is 1. The fourth-order valence-corrected chi connectivity index (χ4v) is 14.7. The van der Waals surface area contributed by atoms with E-state index in [9.17, 15) is 96.5 Å². The molecule has 6 saturated heterocycles. The summed E-state index contributed by atoms with van der Waals surface area (Å²) in [6.45, 7) is 6.84. The van der Waals surface area contributed by atoms with Crippen LogP contribution >= 0.6 is 70.6 Å². The van der Waals surface area contributed by atoms with Crippen molar-refractivity contribution in [3.63, 3.8) is 0 Å². The topological polar surface area (TPSA) is 541 Å². The van der Waals surface area contributed by atoms with Crippen LogP contribution in [0.2, 0.25) is 0 Å². The number of aromatic hydroxyl groups is 3. The molecule has 0 spiro atoms. The third-order valence-corrected chi connectivity index (χ3v) is 20.6. The first-order valence-electron chi connectivity index (χ1n) is 33.4. The summed E-state index contributed by atoms with van der Waals surface area (Å²) in [5.74, 6) is -8.78. The largest absolute Gasteiger partial charge is 0.508 e. The quantitative estimate of drug-likeness (QED) is 0.0251. The number of carbonyl (C=O) groups excluding carboxylic acids is 13. The molecule has 37 nitrogen and oxygen atoms in total. The van der Waals surface area contributed by atoms with Crippen molar-refractivity contribution in [1.82, 2.24) is 29.8 Å². The van der Waals surface area contributed by atoms with Gasteiger partial charge < -0.3 is 60.4 Å². The lowest BCUT2D eigenvalue weighted by Crippen LogP contribution is -2.33. The molecule has 13 amide bonds. The molecule has 6 aliphatic rings. The van der Waals surface area contributed by atoms with Crippen LogP contribution in [-0.4, -0.2) is 222 Å². The molecule has 6 fully saturated rings. The highest BCUT2D eigenvalue weighted by molar-refractivity contribution is 8.20. The lowest BCUT2D eigenvalue weighted by Gasteiger charge is -2.10. The van der Waals surface area contributed by atoms with Crippen LogP contribution in [0.4, 0.5) is 40.1 Å².